The number of fused-ring (bicyclic) bond motifs is 3. The molecule has 2 heteroatoms. The molecule has 1 nitrogen and oxygen atoms in total. The molecule has 2 aromatic carbocycles. The Hall–Kier alpha value is -1.41. The summed E-state index contributed by atoms with van der Waals surface area (Å²) in [7, 11) is 0.296. The zero-order valence-electron chi connectivity index (χ0n) is 9.36. The van der Waals surface area contributed by atoms with E-state index in [1.165, 1.54) is 15.7 Å². The molecule has 1 heterocycles. The highest BCUT2D eigenvalue weighted by molar-refractivity contribution is 7.95. The van der Waals surface area contributed by atoms with Gasteiger partial charge in [-0.15, -0.1) is 0 Å². The number of hydrogen-bond acceptors (Lipinski definition) is 1. The van der Waals surface area contributed by atoms with Crippen LogP contribution in [-0.4, -0.2) is 12.5 Å². The molecule has 0 aliphatic heterocycles. The Labute approximate surface area is 97.4 Å². The molecule has 0 saturated heterocycles. The fraction of sp³-hybridized carbons (Fsp3) is 0.143. The van der Waals surface area contributed by atoms with Crippen LogP contribution in [0.2, 0.25) is 0 Å². The maximum absolute atomic E-state index is 5.79. The van der Waals surface area contributed by atoms with Crippen molar-refractivity contribution in [3.8, 4) is 0 Å². The molecular formula is C14H13OS+. The average molecular weight is 229 g/mol. The Morgan fingerprint density at radius 1 is 0.875 bits per heavy atom. The van der Waals surface area contributed by atoms with Gasteiger partial charge in [0.25, 0.3) is 0 Å². The van der Waals surface area contributed by atoms with Crippen molar-refractivity contribution in [3.63, 3.8) is 0 Å². The Bertz CT molecular complexity index is 652. The first-order valence-electron chi connectivity index (χ1n) is 5.24. The van der Waals surface area contributed by atoms with Crippen LogP contribution >= 0.6 is 0 Å². The summed E-state index contributed by atoms with van der Waals surface area (Å²) >= 11 is 0. The smallest absolute Gasteiger partial charge is 0.155 e. The third kappa shape index (κ3) is 1.41. The van der Waals surface area contributed by atoms with Crippen LogP contribution in [-0.2, 0) is 10.9 Å². The predicted octanol–water partition coefficient (Wildman–Crippen LogP) is 3.82. The standard InChI is InChI=1S/C14H13OS/c1-16(2)10-7-8-14-12(9-10)11-5-3-4-6-13(11)15-14/h3-9H,1-2H3/q+1. The lowest BCUT2D eigenvalue weighted by molar-refractivity contribution is 0.668. The second-order valence-electron chi connectivity index (χ2n) is 4.07. The number of para-hydroxylation sites is 1. The minimum Gasteiger partial charge on any atom is -0.456 e. The summed E-state index contributed by atoms with van der Waals surface area (Å²) in [5.74, 6) is 0. The van der Waals surface area contributed by atoms with Gasteiger partial charge in [-0.2, -0.15) is 0 Å². The van der Waals surface area contributed by atoms with Gasteiger partial charge in [-0.05, 0) is 18.2 Å². The van der Waals surface area contributed by atoms with Crippen LogP contribution in [0.1, 0.15) is 0 Å². The maximum Gasteiger partial charge on any atom is 0.155 e. The van der Waals surface area contributed by atoms with E-state index in [9.17, 15) is 0 Å². The van der Waals surface area contributed by atoms with Gasteiger partial charge in [-0.3, -0.25) is 0 Å². The van der Waals surface area contributed by atoms with Gasteiger partial charge in [0.2, 0.25) is 0 Å². The van der Waals surface area contributed by atoms with Crippen LogP contribution in [0.3, 0.4) is 0 Å². The molecule has 3 aromatic rings. The van der Waals surface area contributed by atoms with Crippen LogP contribution in [0.25, 0.3) is 21.9 Å². The van der Waals surface area contributed by atoms with Crippen molar-refractivity contribution in [2.24, 2.45) is 0 Å². The van der Waals surface area contributed by atoms with Crippen LogP contribution in [0.4, 0.5) is 0 Å². The van der Waals surface area contributed by atoms with Gasteiger partial charge in [-0.1, -0.05) is 18.2 Å². The molecule has 0 unspecified atom stereocenters. The van der Waals surface area contributed by atoms with E-state index in [4.69, 9.17) is 4.42 Å². The van der Waals surface area contributed by atoms with Crippen LogP contribution in [0.15, 0.2) is 51.8 Å². The minimum absolute atomic E-state index is 0.296. The summed E-state index contributed by atoms with van der Waals surface area (Å²) in [4.78, 5) is 1.39. The zero-order valence-corrected chi connectivity index (χ0v) is 10.2. The first-order valence-corrected chi connectivity index (χ1v) is 7.29. The minimum atomic E-state index is 0.296. The fourth-order valence-electron chi connectivity index (χ4n) is 1.96. The van der Waals surface area contributed by atoms with Crippen molar-refractivity contribution in [1.29, 1.82) is 0 Å². The molecule has 0 aliphatic rings. The highest BCUT2D eigenvalue weighted by Crippen LogP contribution is 2.30. The van der Waals surface area contributed by atoms with Crippen molar-refractivity contribution in [2.75, 3.05) is 12.5 Å². The van der Waals surface area contributed by atoms with Gasteiger partial charge in [0.1, 0.15) is 23.7 Å². The highest BCUT2D eigenvalue weighted by atomic mass is 32.2. The Kier molecular flexibility index (Phi) is 2.18. The summed E-state index contributed by atoms with van der Waals surface area (Å²) in [5, 5.41) is 2.44. The summed E-state index contributed by atoms with van der Waals surface area (Å²) in [6.45, 7) is 0. The number of hydrogen-bond donors (Lipinski definition) is 0. The van der Waals surface area contributed by atoms with Gasteiger partial charge in [0.05, 0.1) is 0 Å². The molecule has 3 rings (SSSR count). The summed E-state index contributed by atoms with van der Waals surface area (Å²) < 4.78 is 5.79. The van der Waals surface area contributed by atoms with E-state index in [1.807, 2.05) is 12.1 Å². The Morgan fingerprint density at radius 3 is 2.44 bits per heavy atom. The second kappa shape index (κ2) is 3.56. The quantitative estimate of drug-likeness (QED) is 0.578. The average Bonchev–Trinajstić information content (AvgIpc) is 2.66. The van der Waals surface area contributed by atoms with E-state index in [0.29, 0.717) is 10.9 Å². The molecule has 0 atom stereocenters. The van der Waals surface area contributed by atoms with E-state index < -0.39 is 0 Å². The van der Waals surface area contributed by atoms with Crippen LogP contribution < -0.4 is 0 Å². The molecule has 0 radical (unpaired) electrons. The van der Waals surface area contributed by atoms with Crippen molar-refractivity contribution < 1.29 is 4.42 Å². The molecule has 0 spiro atoms. The van der Waals surface area contributed by atoms with Crippen molar-refractivity contribution in [2.45, 2.75) is 4.90 Å². The largest absolute Gasteiger partial charge is 0.456 e. The first-order chi connectivity index (χ1) is 7.75. The molecule has 0 amide bonds. The van der Waals surface area contributed by atoms with Crippen LogP contribution in [0.5, 0.6) is 0 Å². The number of benzene rings is 2. The molecular weight excluding hydrogens is 216 g/mol. The molecule has 0 saturated carbocycles. The number of rotatable bonds is 1. The zero-order chi connectivity index (χ0) is 11.1. The lowest BCUT2D eigenvalue weighted by Crippen LogP contribution is -1.94. The fourth-order valence-corrected chi connectivity index (χ4v) is 2.65. The molecule has 0 N–H and O–H groups in total. The summed E-state index contributed by atoms with van der Waals surface area (Å²) in [6, 6.07) is 14.7. The molecule has 1 aromatic heterocycles. The molecule has 0 aliphatic carbocycles. The van der Waals surface area contributed by atoms with E-state index in [0.717, 1.165) is 11.2 Å². The van der Waals surface area contributed by atoms with Gasteiger partial charge in [0, 0.05) is 27.7 Å². The third-order valence-corrected chi connectivity index (χ3v) is 4.02. The molecule has 0 bridgehead atoms. The lowest BCUT2D eigenvalue weighted by Gasteiger charge is -1.95. The Morgan fingerprint density at radius 2 is 1.62 bits per heavy atom. The van der Waals surface area contributed by atoms with Crippen LogP contribution in [0, 0.1) is 0 Å². The van der Waals surface area contributed by atoms with Gasteiger partial charge in [0.15, 0.2) is 4.90 Å². The molecule has 0 fully saturated rings. The van der Waals surface area contributed by atoms with E-state index in [2.05, 4.69) is 42.8 Å². The molecule has 16 heavy (non-hydrogen) atoms. The van der Waals surface area contributed by atoms with E-state index >= 15 is 0 Å². The monoisotopic (exact) mass is 229 g/mol. The van der Waals surface area contributed by atoms with Gasteiger partial charge >= 0.3 is 0 Å². The second-order valence-corrected chi connectivity index (χ2v) is 6.18. The van der Waals surface area contributed by atoms with Crippen molar-refractivity contribution >= 4 is 32.8 Å². The highest BCUT2D eigenvalue weighted by Gasteiger charge is 2.12. The van der Waals surface area contributed by atoms with E-state index in [1.54, 1.807) is 0 Å². The van der Waals surface area contributed by atoms with Gasteiger partial charge < -0.3 is 4.42 Å². The summed E-state index contributed by atoms with van der Waals surface area (Å²) in [5.41, 5.74) is 1.96. The predicted molar refractivity (Wildman–Crippen MR) is 71.2 cm³/mol. The lowest BCUT2D eigenvalue weighted by atomic mass is 10.1. The first kappa shape index (κ1) is 9.79. The topological polar surface area (TPSA) is 13.1 Å². The van der Waals surface area contributed by atoms with Crippen molar-refractivity contribution in [1.82, 2.24) is 0 Å². The SMILES string of the molecule is C[S+](C)c1ccc2oc3ccccc3c2c1. The van der Waals surface area contributed by atoms with Crippen molar-refractivity contribution in [3.05, 3.63) is 42.5 Å². The van der Waals surface area contributed by atoms with E-state index in [-0.39, 0.29) is 0 Å². The maximum atomic E-state index is 5.79. The third-order valence-electron chi connectivity index (χ3n) is 2.82. The Balaban J connectivity index is 2.40. The van der Waals surface area contributed by atoms with Gasteiger partial charge in [-0.25, -0.2) is 0 Å². The normalized spacial score (nSPS) is 11.7. The number of furan rings is 1. The summed E-state index contributed by atoms with van der Waals surface area (Å²) in [6.07, 6.45) is 4.48. The molecule has 80 valence electrons.